The van der Waals surface area contributed by atoms with Crippen LogP contribution in [0.25, 0.3) is 0 Å². The van der Waals surface area contributed by atoms with Crippen LogP contribution in [0.15, 0.2) is 36.4 Å². The van der Waals surface area contributed by atoms with Gasteiger partial charge in [-0.25, -0.2) is 0 Å². The van der Waals surface area contributed by atoms with E-state index >= 15 is 0 Å². The highest BCUT2D eigenvalue weighted by molar-refractivity contribution is 5.26. The Morgan fingerprint density at radius 2 is 1.43 bits per heavy atom. The van der Waals surface area contributed by atoms with E-state index in [1.54, 1.807) is 5.56 Å². The maximum atomic E-state index is 12.3. The Labute approximate surface area is 185 Å². The predicted octanol–water partition coefficient (Wildman–Crippen LogP) is 9.20. The molecule has 0 aliphatic heterocycles. The molecular weight excluding hydrogens is 367 g/mol. The van der Waals surface area contributed by atoms with Crippen molar-refractivity contribution in [3.63, 3.8) is 0 Å². The molecule has 0 aromatic heterocycles. The molecule has 0 saturated heterocycles. The summed E-state index contributed by atoms with van der Waals surface area (Å²) < 4.78 is 12.3. The molecule has 1 heteroatoms. The number of benzene rings is 1. The SMILES string of the molecule is CCCCCCCc1ccc([C@H]2CC[C@H]([C@H]3CC[C@H](C=CCCF)CC3)CC2)cc1. The van der Waals surface area contributed by atoms with Crippen LogP contribution in [0.1, 0.15) is 114 Å². The van der Waals surface area contributed by atoms with Crippen LogP contribution in [-0.4, -0.2) is 6.67 Å². The fourth-order valence-corrected chi connectivity index (χ4v) is 5.97. The van der Waals surface area contributed by atoms with E-state index in [0.717, 1.165) is 17.8 Å². The predicted molar refractivity (Wildman–Crippen MR) is 129 cm³/mol. The minimum Gasteiger partial charge on any atom is -0.251 e. The first-order chi connectivity index (χ1) is 14.8. The lowest BCUT2D eigenvalue weighted by atomic mass is 9.68. The minimum atomic E-state index is -0.211. The molecule has 1 aromatic carbocycles. The standard InChI is InChI=1S/C29H45F/c1-2-3-4-5-6-9-24-11-15-26(16-12-24)28-19-21-29(22-20-28)27-17-13-25(14-18-27)10-7-8-23-30/h7,10-12,15-16,25,27-29H,2-6,8-9,13-14,17-23H2,1H3/t25-,27-,28-,29-. The zero-order chi connectivity index (χ0) is 21.0. The van der Waals surface area contributed by atoms with Crippen LogP contribution < -0.4 is 0 Å². The lowest BCUT2D eigenvalue weighted by molar-refractivity contribution is 0.171. The van der Waals surface area contributed by atoms with Crippen molar-refractivity contribution in [2.24, 2.45) is 17.8 Å². The molecule has 2 saturated carbocycles. The lowest BCUT2D eigenvalue weighted by Gasteiger charge is -2.37. The molecule has 1 aromatic rings. The van der Waals surface area contributed by atoms with Gasteiger partial charge in [0.25, 0.3) is 0 Å². The number of aryl methyl sites for hydroxylation is 1. The van der Waals surface area contributed by atoms with Gasteiger partial charge in [0.15, 0.2) is 0 Å². The van der Waals surface area contributed by atoms with Crippen molar-refractivity contribution in [1.29, 1.82) is 0 Å². The third kappa shape index (κ3) is 7.54. The number of hydrogen-bond acceptors (Lipinski definition) is 0. The summed E-state index contributed by atoms with van der Waals surface area (Å²) in [6.07, 6.45) is 24.1. The summed E-state index contributed by atoms with van der Waals surface area (Å²) in [7, 11) is 0. The summed E-state index contributed by atoms with van der Waals surface area (Å²) in [5.41, 5.74) is 3.12. The summed E-state index contributed by atoms with van der Waals surface area (Å²) in [5.74, 6) is 3.42. The zero-order valence-corrected chi connectivity index (χ0v) is 19.5. The Hall–Kier alpha value is -1.11. The van der Waals surface area contributed by atoms with E-state index in [4.69, 9.17) is 0 Å². The van der Waals surface area contributed by atoms with E-state index in [1.165, 1.54) is 95.5 Å². The molecule has 0 N–H and O–H groups in total. The van der Waals surface area contributed by atoms with Crippen LogP contribution in [0.5, 0.6) is 0 Å². The molecule has 0 nitrogen and oxygen atoms in total. The average Bonchev–Trinajstić information content (AvgIpc) is 2.80. The number of unbranched alkanes of at least 4 members (excludes halogenated alkanes) is 4. The van der Waals surface area contributed by atoms with Crippen molar-refractivity contribution in [3.05, 3.63) is 47.5 Å². The van der Waals surface area contributed by atoms with Gasteiger partial charge in [-0.05, 0) is 105 Å². The van der Waals surface area contributed by atoms with Crippen LogP contribution in [0, 0.1) is 17.8 Å². The number of alkyl halides is 1. The van der Waals surface area contributed by atoms with Crippen molar-refractivity contribution in [2.75, 3.05) is 6.67 Å². The molecule has 0 unspecified atom stereocenters. The van der Waals surface area contributed by atoms with Gasteiger partial charge in [-0.2, -0.15) is 0 Å². The Balaban J connectivity index is 1.36. The summed E-state index contributed by atoms with van der Waals surface area (Å²) in [4.78, 5) is 0. The summed E-state index contributed by atoms with van der Waals surface area (Å²) in [5, 5.41) is 0. The highest BCUT2D eigenvalue weighted by Crippen LogP contribution is 2.44. The van der Waals surface area contributed by atoms with Gasteiger partial charge in [0.2, 0.25) is 0 Å². The quantitative estimate of drug-likeness (QED) is 0.251. The molecule has 168 valence electrons. The molecular formula is C29H45F. The van der Waals surface area contributed by atoms with Crippen LogP contribution in [0.2, 0.25) is 0 Å². The highest BCUT2D eigenvalue weighted by atomic mass is 19.1. The molecule has 2 aliphatic carbocycles. The summed E-state index contributed by atoms with van der Waals surface area (Å²) in [6, 6.07) is 9.67. The smallest absolute Gasteiger partial charge is 0.0928 e. The van der Waals surface area contributed by atoms with Gasteiger partial charge in [-0.3, -0.25) is 4.39 Å². The second-order valence-electron chi connectivity index (χ2n) is 10.1. The number of rotatable bonds is 11. The van der Waals surface area contributed by atoms with Crippen molar-refractivity contribution < 1.29 is 4.39 Å². The van der Waals surface area contributed by atoms with Gasteiger partial charge in [0, 0.05) is 0 Å². The second kappa shape index (κ2) is 13.3. The van der Waals surface area contributed by atoms with Gasteiger partial charge in [0.1, 0.15) is 0 Å². The molecule has 2 fully saturated rings. The normalized spacial score (nSPS) is 27.5. The topological polar surface area (TPSA) is 0 Å². The highest BCUT2D eigenvalue weighted by Gasteiger charge is 2.30. The van der Waals surface area contributed by atoms with E-state index in [1.807, 2.05) is 0 Å². The Kier molecular flexibility index (Phi) is 10.5. The number of halogens is 1. The third-order valence-corrected chi connectivity index (χ3v) is 7.96. The van der Waals surface area contributed by atoms with Gasteiger partial charge in [-0.15, -0.1) is 0 Å². The fourth-order valence-electron chi connectivity index (χ4n) is 5.97. The van der Waals surface area contributed by atoms with E-state index in [9.17, 15) is 4.39 Å². The first-order valence-corrected chi connectivity index (χ1v) is 13.1. The fraction of sp³-hybridized carbons (Fsp3) is 0.724. The van der Waals surface area contributed by atoms with Gasteiger partial charge >= 0.3 is 0 Å². The molecule has 2 aliphatic rings. The maximum Gasteiger partial charge on any atom is 0.0928 e. The average molecular weight is 413 g/mol. The van der Waals surface area contributed by atoms with Gasteiger partial charge in [0.05, 0.1) is 6.67 Å². The second-order valence-corrected chi connectivity index (χ2v) is 10.1. The molecule has 0 amide bonds. The molecule has 3 rings (SSSR count). The van der Waals surface area contributed by atoms with E-state index in [0.29, 0.717) is 12.3 Å². The summed E-state index contributed by atoms with van der Waals surface area (Å²) in [6.45, 7) is 2.07. The van der Waals surface area contributed by atoms with Crippen LogP contribution >= 0.6 is 0 Å². The largest absolute Gasteiger partial charge is 0.251 e. The molecule has 0 bridgehead atoms. The Bertz CT molecular complexity index is 585. The minimum absolute atomic E-state index is 0.211. The maximum absolute atomic E-state index is 12.3. The lowest BCUT2D eigenvalue weighted by Crippen LogP contribution is -2.25. The number of hydrogen-bond donors (Lipinski definition) is 0. The Morgan fingerprint density at radius 1 is 0.800 bits per heavy atom. The molecule has 0 spiro atoms. The zero-order valence-electron chi connectivity index (χ0n) is 19.5. The van der Waals surface area contributed by atoms with Crippen molar-refractivity contribution in [3.8, 4) is 0 Å². The summed E-state index contributed by atoms with van der Waals surface area (Å²) >= 11 is 0. The molecule has 0 heterocycles. The van der Waals surface area contributed by atoms with E-state index < -0.39 is 0 Å². The van der Waals surface area contributed by atoms with Crippen molar-refractivity contribution in [2.45, 2.75) is 109 Å². The first kappa shape index (κ1) is 23.6. The van der Waals surface area contributed by atoms with E-state index in [-0.39, 0.29) is 6.67 Å². The van der Waals surface area contributed by atoms with Crippen LogP contribution in [0.3, 0.4) is 0 Å². The van der Waals surface area contributed by atoms with Crippen molar-refractivity contribution in [1.82, 2.24) is 0 Å². The first-order valence-electron chi connectivity index (χ1n) is 13.1. The Morgan fingerprint density at radius 3 is 2.07 bits per heavy atom. The van der Waals surface area contributed by atoms with Crippen molar-refractivity contribution >= 4 is 0 Å². The van der Waals surface area contributed by atoms with Gasteiger partial charge < -0.3 is 0 Å². The monoisotopic (exact) mass is 412 g/mol. The van der Waals surface area contributed by atoms with E-state index in [2.05, 4.69) is 43.3 Å². The van der Waals surface area contributed by atoms with Crippen LogP contribution in [0.4, 0.5) is 4.39 Å². The molecule has 30 heavy (non-hydrogen) atoms. The number of allylic oxidation sites excluding steroid dienone is 2. The molecule has 0 radical (unpaired) electrons. The van der Waals surface area contributed by atoms with Crippen LogP contribution in [-0.2, 0) is 6.42 Å². The molecule has 0 atom stereocenters. The third-order valence-electron chi connectivity index (χ3n) is 7.96. The van der Waals surface area contributed by atoms with Gasteiger partial charge in [-0.1, -0.05) is 69.0 Å².